The van der Waals surface area contributed by atoms with E-state index in [0.717, 1.165) is 21.8 Å². The summed E-state index contributed by atoms with van der Waals surface area (Å²) >= 11 is 3.99. The molecule has 4 aromatic heterocycles. The monoisotopic (exact) mass is 677 g/mol. The lowest BCUT2D eigenvalue weighted by atomic mass is 10.1. The number of ether oxygens (including phenoxy) is 2. The largest absolute Gasteiger partial charge is 0.386 e. The van der Waals surface area contributed by atoms with Gasteiger partial charge in [0.25, 0.3) is 5.56 Å². The number of alkyl halides is 2. The van der Waals surface area contributed by atoms with Crippen molar-refractivity contribution in [1.29, 1.82) is 0 Å². The average molecular weight is 677 g/mol. The molecule has 7 heterocycles. The van der Waals surface area contributed by atoms with Crippen LogP contribution in [0.3, 0.4) is 0 Å². The fourth-order valence-electron chi connectivity index (χ4n) is 5.39. The Balaban J connectivity index is 1.21. The Morgan fingerprint density at radius 3 is 2.84 bits per heavy atom. The molecule has 0 aromatic carbocycles. The Hall–Kier alpha value is -3.00. The average Bonchev–Trinajstić information content (AvgIpc) is 3.73. The minimum Gasteiger partial charge on any atom is -0.383 e. The number of hydrogen-bond acceptors (Lipinski definition) is 15. The highest BCUT2D eigenvalue weighted by Crippen LogP contribution is 2.58. The number of aromatic amines is 1. The smallest absolute Gasteiger partial charge is 0.383 e. The maximum atomic E-state index is 16.8. The summed E-state index contributed by atoms with van der Waals surface area (Å²) in [5, 5.41) is 0.343. The van der Waals surface area contributed by atoms with Crippen LogP contribution in [0, 0.1) is 0 Å². The van der Waals surface area contributed by atoms with Crippen molar-refractivity contribution < 1.29 is 45.5 Å². The van der Waals surface area contributed by atoms with E-state index in [4.69, 9.17) is 39.0 Å². The van der Waals surface area contributed by atoms with Gasteiger partial charge in [-0.2, -0.15) is 4.98 Å². The highest BCUT2D eigenvalue weighted by atomic mass is 32.7. The molecule has 0 saturated carbocycles. The van der Waals surface area contributed by atoms with E-state index in [9.17, 15) is 13.9 Å². The molecule has 18 nitrogen and oxygen atoms in total. The van der Waals surface area contributed by atoms with Gasteiger partial charge in [-0.1, -0.05) is 12.2 Å². The summed E-state index contributed by atoms with van der Waals surface area (Å²) < 4.78 is 94.4. The molecule has 0 aliphatic carbocycles. The van der Waals surface area contributed by atoms with Crippen LogP contribution < -0.4 is 17.0 Å². The predicted molar refractivity (Wildman–Crippen MR) is 149 cm³/mol. The number of anilines is 2. The molecule has 0 spiro atoms. The van der Waals surface area contributed by atoms with E-state index in [1.54, 1.807) is 0 Å². The zero-order valence-electron chi connectivity index (χ0n) is 22.1. The van der Waals surface area contributed by atoms with Crippen molar-refractivity contribution in [2.24, 2.45) is 0 Å². The number of nitrogens with two attached hydrogens (primary N) is 2. The molecule has 3 aliphatic heterocycles. The first-order valence-electron chi connectivity index (χ1n) is 12.8. The topological polar surface area (TPSA) is 236 Å². The van der Waals surface area contributed by atoms with Gasteiger partial charge in [0.1, 0.15) is 42.7 Å². The second kappa shape index (κ2) is 10.8. The maximum absolute atomic E-state index is 16.8. The van der Waals surface area contributed by atoms with E-state index in [-0.39, 0.29) is 28.6 Å². The number of nitrogen functional groups attached to an aromatic ring is 2. The summed E-state index contributed by atoms with van der Waals surface area (Å²) in [4.78, 5) is 30.5. The highest BCUT2D eigenvalue weighted by Gasteiger charge is 2.56. The summed E-state index contributed by atoms with van der Waals surface area (Å²) in [6.45, 7) is -6.39. The summed E-state index contributed by atoms with van der Waals surface area (Å²) in [6.07, 6.45) is -6.03. The Labute approximate surface area is 250 Å². The van der Waals surface area contributed by atoms with Crippen LogP contribution in [0.1, 0.15) is 6.23 Å². The number of halogens is 2. The van der Waals surface area contributed by atoms with Gasteiger partial charge in [-0.15, -0.1) is 0 Å². The van der Waals surface area contributed by atoms with Gasteiger partial charge in [-0.25, -0.2) is 28.3 Å². The van der Waals surface area contributed by atoms with E-state index >= 15 is 8.78 Å². The Morgan fingerprint density at radius 2 is 2.02 bits per heavy atom. The second-order valence-electron chi connectivity index (χ2n) is 10.1. The van der Waals surface area contributed by atoms with Gasteiger partial charge in [0.05, 0.1) is 24.9 Å². The Bertz CT molecular complexity index is 1900. The molecule has 0 amide bonds. The number of aromatic nitrogens is 7. The van der Waals surface area contributed by atoms with E-state index in [2.05, 4.69) is 37.2 Å². The number of hydrogen-bond donors (Lipinski definition) is 4. The van der Waals surface area contributed by atoms with Crippen molar-refractivity contribution in [3.05, 3.63) is 35.3 Å². The Kier molecular flexibility index (Phi) is 7.30. The summed E-state index contributed by atoms with van der Waals surface area (Å²) in [7, 11) is -3.56. The molecule has 5 N–H and O–H groups in total. The normalized spacial score (nSPS) is 36.6. The molecular weight excluding hydrogens is 654 g/mol. The number of fused-ring (bicyclic) bond motifs is 5. The number of imidazole rings is 1. The van der Waals surface area contributed by atoms with Crippen LogP contribution in [0.5, 0.6) is 0 Å². The van der Waals surface area contributed by atoms with Crippen molar-refractivity contribution >= 4 is 61.3 Å². The zero-order chi connectivity index (χ0) is 31.0. The predicted octanol–water partition coefficient (Wildman–Crippen LogP) is 1.23. The minimum absolute atomic E-state index is 0.0856. The lowest BCUT2D eigenvalue weighted by Crippen LogP contribution is -2.44. The molecule has 23 heteroatoms. The molecule has 3 fully saturated rings. The molecule has 236 valence electrons. The molecule has 0 radical (unpaired) electrons. The first kappa shape index (κ1) is 29.7. The molecular formula is C21H23F2N9O9P2S. The van der Waals surface area contributed by atoms with Crippen molar-refractivity contribution in [3.63, 3.8) is 0 Å². The van der Waals surface area contributed by atoms with Gasteiger partial charge >= 0.3 is 15.1 Å². The summed E-state index contributed by atoms with van der Waals surface area (Å²) in [5.41, 5.74) is 10.8. The Morgan fingerprint density at radius 1 is 1.20 bits per heavy atom. The van der Waals surface area contributed by atoms with Crippen LogP contribution in [-0.4, -0.2) is 84.5 Å². The van der Waals surface area contributed by atoms with Gasteiger partial charge in [-0.05, 0) is 6.07 Å². The fourth-order valence-corrected chi connectivity index (χ4v) is 7.75. The van der Waals surface area contributed by atoms with Crippen LogP contribution in [0.4, 0.5) is 20.5 Å². The van der Waals surface area contributed by atoms with Crippen LogP contribution in [0.15, 0.2) is 29.7 Å². The molecule has 3 aliphatic rings. The molecule has 3 saturated heterocycles. The number of nitrogens with one attached hydrogen (secondary N) is 1. The van der Waals surface area contributed by atoms with Gasteiger partial charge in [0, 0.05) is 6.20 Å². The van der Waals surface area contributed by atoms with Crippen molar-refractivity contribution in [2.45, 2.75) is 42.6 Å². The zero-order valence-corrected chi connectivity index (χ0v) is 24.8. The van der Waals surface area contributed by atoms with Crippen molar-refractivity contribution in [3.8, 4) is 0 Å². The van der Waals surface area contributed by atoms with Crippen molar-refractivity contribution in [1.82, 2.24) is 34.1 Å². The van der Waals surface area contributed by atoms with E-state index in [1.807, 2.05) is 0 Å². The first-order valence-corrected chi connectivity index (χ1v) is 16.8. The van der Waals surface area contributed by atoms with Crippen molar-refractivity contribution in [2.75, 3.05) is 31.3 Å². The second-order valence-corrected chi connectivity index (χ2v) is 14.0. The lowest BCUT2D eigenvalue weighted by Gasteiger charge is -2.30. The van der Waals surface area contributed by atoms with E-state index in [1.165, 1.54) is 12.3 Å². The third-order valence-corrected chi connectivity index (χ3v) is 9.88. The molecule has 2 unspecified atom stereocenters. The van der Waals surface area contributed by atoms with Gasteiger partial charge in [0.15, 0.2) is 29.7 Å². The van der Waals surface area contributed by atoms with Gasteiger partial charge in [-0.3, -0.25) is 37.0 Å². The third-order valence-electron chi connectivity index (χ3n) is 7.42. The molecule has 2 bridgehead atoms. The molecule has 44 heavy (non-hydrogen) atoms. The van der Waals surface area contributed by atoms with Gasteiger partial charge in [0.2, 0.25) is 11.7 Å². The summed E-state index contributed by atoms with van der Waals surface area (Å²) in [6, 6.07) is 1.49. The quantitative estimate of drug-likeness (QED) is 0.172. The molecule has 4 aromatic rings. The standard InChI is InChI=1S/C21H23F2N9O9P2S/c22-11-9-3-37-42(34)40-14-10(36-5-21(14,23)32-2-1-8-15(24)26-6-27-16(8)32)4-38-43(35,44)41-13(11)19(39-9)31-7-28-12-17(31)29-20(25)30-18(12)33/h1-2,6-7,9-11,13-14,19,42H,3-5H2,(H,35,44)(H2,24,26,27)(H3,25,29,30,33)/t9-,10-,11+,13-,14-,19?,21+,43-/m1/s1. The van der Waals surface area contributed by atoms with Gasteiger partial charge < -0.3 is 25.5 Å². The molecule has 7 rings (SSSR count). The summed E-state index contributed by atoms with van der Waals surface area (Å²) in [5.74, 6) is -2.68. The number of rotatable bonds is 2. The highest BCUT2D eigenvalue weighted by molar-refractivity contribution is 8.44. The third kappa shape index (κ3) is 4.92. The number of nitrogens with zero attached hydrogens (tertiary/aromatic N) is 6. The van der Waals surface area contributed by atoms with E-state index in [0.29, 0.717) is 5.39 Å². The van der Waals surface area contributed by atoms with Crippen LogP contribution in [0.25, 0.3) is 22.2 Å². The number of H-pyrrole nitrogens is 1. The molecule has 9 atom stereocenters. The SMILES string of the molecule is Nc1nc2c(ncn2C2O[C@@H]3CO[PH](=O)O[C@@H]4[C@@H](CO[P@@](=O)(S)O[C@@H]2[C@H]3F)OC[C@]4(F)n2ccc3c(N)ncnc32)c(=O)[nH]1. The van der Waals surface area contributed by atoms with E-state index < -0.39 is 83.0 Å². The lowest BCUT2D eigenvalue weighted by molar-refractivity contribution is -0.0569. The first-order chi connectivity index (χ1) is 20.9. The maximum Gasteiger partial charge on any atom is 0.386 e. The fraction of sp³-hybridized carbons (Fsp3) is 0.476. The number of thiol groups is 1. The minimum atomic E-state index is -4.45. The van der Waals surface area contributed by atoms with Crippen LogP contribution in [0.2, 0.25) is 0 Å². The van der Waals surface area contributed by atoms with Crippen LogP contribution in [-0.2, 0) is 42.5 Å². The van der Waals surface area contributed by atoms with Crippen LogP contribution >= 0.6 is 27.3 Å².